The lowest BCUT2D eigenvalue weighted by Crippen LogP contribution is -1.86. The fourth-order valence-corrected chi connectivity index (χ4v) is 1.62. The average Bonchev–Trinajstić information content (AvgIpc) is 1.30. The monoisotopic (exact) mass is 139 g/mol. The molecule has 0 unspecified atom stereocenters. The van der Waals surface area contributed by atoms with Crippen molar-refractivity contribution in [1.82, 2.24) is 0 Å². The lowest BCUT2D eigenvalue weighted by atomic mass is 11.9. The highest BCUT2D eigenvalue weighted by Gasteiger charge is 1.82. The van der Waals surface area contributed by atoms with Crippen molar-refractivity contribution in [2.75, 3.05) is 18.8 Å². The zero-order valence-corrected chi connectivity index (χ0v) is 6.30. The summed E-state index contributed by atoms with van der Waals surface area (Å²) in [6, 6.07) is 0. The van der Waals surface area contributed by atoms with Gasteiger partial charge >= 0.3 is 0 Å². The number of rotatable bonds is 1. The lowest BCUT2D eigenvalue weighted by molar-refractivity contribution is 0.685. The summed E-state index contributed by atoms with van der Waals surface area (Å²) >= 11 is 1.26. The molecule has 0 aliphatic rings. The third-order valence-electron chi connectivity index (χ3n) is 0.254. The van der Waals surface area contributed by atoms with Crippen LogP contribution in [-0.2, 0) is 9.73 Å². The molecule has 0 aromatic carbocycles. The summed E-state index contributed by atoms with van der Waals surface area (Å²) < 4.78 is 14.3. The van der Waals surface area contributed by atoms with Gasteiger partial charge in [0, 0.05) is 18.8 Å². The highest BCUT2D eigenvalue weighted by molar-refractivity contribution is 8.06. The summed E-state index contributed by atoms with van der Waals surface area (Å²) in [6.07, 6.45) is 5.03. The first-order valence-electron chi connectivity index (χ1n) is 1.76. The molecule has 0 atom stereocenters. The number of hydrogen-bond donors (Lipinski definition) is 0. The minimum atomic E-state index is -1.84. The van der Waals surface area contributed by atoms with E-state index in [1.54, 1.807) is 18.8 Å². The molecular formula is C3H9NOS2. The maximum Gasteiger partial charge on any atom is 0.0524 e. The first-order chi connectivity index (χ1) is 3.06. The van der Waals surface area contributed by atoms with Crippen molar-refractivity contribution >= 4 is 21.7 Å². The quantitative estimate of drug-likeness (QED) is 0.507. The van der Waals surface area contributed by atoms with Gasteiger partial charge in [0.1, 0.15) is 0 Å². The number of hydrogen-bond acceptors (Lipinski definition) is 3. The van der Waals surface area contributed by atoms with Crippen LogP contribution in [0.2, 0.25) is 0 Å². The summed E-state index contributed by atoms with van der Waals surface area (Å²) in [5.74, 6) is 0. The van der Waals surface area contributed by atoms with Crippen LogP contribution < -0.4 is 0 Å². The molecule has 0 aliphatic carbocycles. The average molecular weight is 139 g/mol. The van der Waals surface area contributed by atoms with Gasteiger partial charge in [-0.2, -0.15) is 3.77 Å². The zero-order chi connectivity index (χ0) is 5.91. The van der Waals surface area contributed by atoms with Gasteiger partial charge in [-0.1, -0.05) is 0 Å². The summed E-state index contributed by atoms with van der Waals surface area (Å²) in [5, 5.41) is 0. The fourth-order valence-electron chi connectivity index (χ4n) is 0.180. The maximum atomic E-state index is 10.6. The van der Waals surface area contributed by atoms with Gasteiger partial charge in [-0.15, -0.1) is 0 Å². The highest BCUT2D eigenvalue weighted by atomic mass is 32.2. The van der Waals surface area contributed by atoms with E-state index in [-0.39, 0.29) is 0 Å². The van der Waals surface area contributed by atoms with Gasteiger partial charge < -0.3 is 0 Å². The van der Waals surface area contributed by atoms with Crippen molar-refractivity contribution in [3.8, 4) is 0 Å². The Morgan fingerprint density at radius 2 is 2.00 bits per heavy atom. The molecule has 4 heteroatoms. The van der Waals surface area contributed by atoms with Crippen LogP contribution in [0.25, 0.3) is 0 Å². The second kappa shape index (κ2) is 2.57. The SMILES string of the molecule is CSN=S(C)(C)=O. The molecule has 7 heavy (non-hydrogen) atoms. The Morgan fingerprint density at radius 3 is 2.00 bits per heavy atom. The van der Waals surface area contributed by atoms with Gasteiger partial charge in [0.25, 0.3) is 0 Å². The minimum Gasteiger partial charge on any atom is -0.249 e. The largest absolute Gasteiger partial charge is 0.249 e. The molecule has 0 N–H and O–H groups in total. The maximum absolute atomic E-state index is 10.6. The number of nitrogens with zero attached hydrogens (tertiary/aromatic N) is 1. The van der Waals surface area contributed by atoms with Crippen LogP contribution in [-0.4, -0.2) is 23.0 Å². The molecule has 0 aromatic heterocycles. The predicted octanol–water partition coefficient (Wildman–Crippen LogP) is 0.992. The Kier molecular flexibility index (Phi) is 2.68. The van der Waals surface area contributed by atoms with E-state index in [0.29, 0.717) is 0 Å². The molecule has 0 saturated carbocycles. The van der Waals surface area contributed by atoms with Gasteiger partial charge in [-0.05, 0) is 11.9 Å². The van der Waals surface area contributed by atoms with Crippen LogP contribution in [0.4, 0.5) is 0 Å². The van der Waals surface area contributed by atoms with E-state index >= 15 is 0 Å². The Labute approximate surface area is 49.0 Å². The predicted molar refractivity (Wildman–Crippen MR) is 35.9 cm³/mol. The van der Waals surface area contributed by atoms with E-state index in [2.05, 4.69) is 3.77 Å². The van der Waals surface area contributed by atoms with Crippen molar-refractivity contribution in [1.29, 1.82) is 0 Å². The van der Waals surface area contributed by atoms with E-state index in [9.17, 15) is 4.21 Å². The van der Waals surface area contributed by atoms with Crippen molar-refractivity contribution in [2.45, 2.75) is 0 Å². The van der Waals surface area contributed by atoms with E-state index in [0.717, 1.165) is 0 Å². The van der Waals surface area contributed by atoms with Gasteiger partial charge in [0.05, 0.1) is 9.73 Å². The molecule has 2 nitrogen and oxygen atoms in total. The normalized spacial score (nSPS) is 11.3. The lowest BCUT2D eigenvalue weighted by Gasteiger charge is -1.86. The minimum absolute atomic E-state index is 1.26. The van der Waals surface area contributed by atoms with Crippen LogP contribution in [0, 0.1) is 0 Å². The van der Waals surface area contributed by atoms with E-state index in [1.165, 1.54) is 11.9 Å². The van der Waals surface area contributed by atoms with Crippen LogP contribution >= 0.6 is 11.9 Å². The summed E-state index contributed by atoms with van der Waals surface area (Å²) in [4.78, 5) is 0. The Bertz CT molecular complexity index is 137. The first-order valence-corrected chi connectivity index (χ1v) is 5.27. The second-order valence-corrected chi connectivity index (χ2v) is 4.76. The second-order valence-electron chi connectivity index (χ2n) is 1.44. The summed E-state index contributed by atoms with van der Waals surface area (Å²) in [7, 11) is -1.84. The topological polar surface area (TPSA) is 29.4 Å². The first kappa shape index (κ1) is 7.30. The Morgan fingerprint density at radius 1 is 1.57 bits per heavy atom. The van der Waals surface area contributed by atoms with E-state index in [4.69, 9.17) is 0 Å². The van der Waals surface area contributed by atoms with Crippen LogP contribution in [0.1, 0.15) is 0 Å². The molecule has 0 spiro atoms. The van der Waals surface area contributed by atoms with Gasteiger partial charge in [0.2, 0.25) is 0 Å². The van der Waals surface area contributed by atoms with Crippen LogP contribution in [0.3, 0.4) is 0 Å². The van der Waals surface area contributed by atoms with Crippen LogP contribution in [0.15, 0.2) is 3.77 Å². The van der Waals surface area contributed by atoms with Crippen molar-refractivity contribution < 1.29 is 4.21 Å². The molecule has 44 valence electrons. The zero-order valence-electron chi connectivity index (χ0n) is 4.67. The molecule has 0 bridgehead atoms. The fraction of sp³-hybridized carbons (Fsp3) is 1.00. The Hall–Kier alpha value is 0.300. The molecule has 0 fully saturated rings. The van der Waals surface area contributed by atoms with E-state index < -0.39 is 9.73 Å². The molecule has 0 rings (SSSR count). The standard InChI is InChI=1S/C3H9NOS2/c1-6-4-7(2,3)5/h1-3H3. The van der Waals surface area contributed by atoms with Gasteiger partial charge in [0.15, 0.2) is 0 Å². The molecule has 0 amide bonds. The third-order valence-corrected chi connectivity index (χ3v) is 2.29. The molecular weight excluding hydrogens is 130 g/mol. The van der Waals surface area contributed by atoms with Crippen molar-refractivity contribution in [2.24, 2.45) is 3.77 Å². The van der Waals surface area contributed by atoms with Gasteiger partial charge in [-0.3, -0.25) is 0 Å². The molecule has 0 aliphatic heterocycles. The van der Waals surface area contributed by atoms with Crippen LogP contribution in [0.5, 0.6) is 0 Å². The third kappa shape index (κ3) is 6.30. The molecule has 0 saturated heterocycles. The smallest absolute Gasteiger partial charge is 0.0524 e. The summed E-state index contributed by atoms with van der Waals surface area (Å²) in [6.45, 7) is 0. The van der Waals surface area contributed by atoms with Crippen molar-refractivity contribution in [3.63, 3.8) is 0 Å². The van der Waals surface area contributed by atoms with Gasteiger partial charge in [-0.25, -0.2) is 4.21 Å². The molecule has 0 heterocycles. The summed E-state index contributed by atoms with van der Waals surface area (Å²) in [5.41, 5.74) is 0. The Balaban J connectivity index is 4.02. The highest BCUT2D eigenvalue weighted by Crippen LogP contribution is 1.97. The van der Waals surface area contributed by atoms with Crippen molar-refractivity contribution in [3.05, 3.63) is 0 Å². The molecule has 0 radical (unpaired) electrons. The van der Waals surface area contributed by atoms with E-state index in [1.807, 2.05) is 0 Å². The molecule has 0 aromatic rings.